The molecule has 5 heteroatoms. The summed E-state index contributed by atoms with van der Waals surface area (Å²) in [4.78, 5) is 0. The van der Waals surface area contributed by atoms with Crippen LogP contribution in [0.25, 0.3) is 22.3 Å². The fourth-order valence-electron chi connectivity index (χ4n) is 5.29. The Morgan fingerprint density at radius 2 is 1.26 bits per heavy atom. The molecule has 1 aliphatic carbocycles. The van der Waals surface area contributed by atoms with E-state index in [1.54, 1.807) is 36.4 Å². The average Bonchev–Trinajstić information content (AvgIpc) is 2.88. The predicted octanol–water partition coefficient (Wildman–Crippen LogP) is 9.44. The first kappa shape index (κ1) is 25.3. The van der Waals surface area contributed by atoms with Crippen LogP contribution < -0.4 is 4.74 Å². The van der Waals surface area contributed by atoms with Gasteiger partial charge in [0.1, 0.15) is 0 Å². The van der Waals surface area contributed by atoms with Gasteiger partial charge < -0.3 is 4.74 Å². The minimum Gasteiger partial charge on any atom is -0.494 e. The summed E-state index contributed by atoms with van der Waals surface area (Å²) in [6, 6.07) is 12.5. The van der Waals surface area contributed by atoms with E-state index in [0.717, 1.165) is 25.7 Å². The summed E-state index contributed by atoms with van der Waals surface area (Å²) < 4.78 is 63.5. The normalized spacial score (nSPS) is 18.0. The lowest BCUT2D eigenvalue weighted by molar-refractivity contribution is 0.298. The molecule has 3 aromatic rings. The zero-order chi connectivity index (χ0) is 24.9. The molecule has 1 nitrogen and oxygen atoms in total. The SMILES string of the molecule is CCCCCC1CCC(c2ccc(-c3ccc(-c4ccc(OC)c(F)c4F)cc3)c(F)c2F)CC1. The van der Waals surface area contributed by atoms with Crippen molar-refractivity contribution >= 4 is 0 Å². The van der Waals surface area contributed by atoms with Crippen molar-refractivity contribution in [2.45, 2.75) is 64.2 Å². The molecule has 0 N–H and O–H groups in total. The summed E-state index contributed by atoms with van der Waals surface area (Å²) in [6.07, 6.45) is 8.89. The first-order chi connectivity index (χ1) is 16.9. The van der Waals surface area contributed by atoms with Crippen LogP contribution in [0.4, 0.5) is 17.6 Å². The maximum absolute atomic E-state index is 15.1. The van der Waals surface area contributed by atoms with E-state index in [1.165, 1.54) is 44.9 Å². The van der Waals surface area contributed by atoms with Crippen molar-refractivity contribution in [3.63, 3.8) is 0 Å². The standard InChI is InChI=1S/C30H32F4O/c1-3-4-5-6-19-7-9-20(10-8-19)23-15-16-24(28(32)27(23)31)21-11-13-22(14-12-21)25-17-18-26(35-2)30(34)29(25)33/h11-20H,3-10H2,1-2H3. The van der Waals surface area contributed by atoms with Gasteiger partial charge in [-0.1, -0.05) is 69.0 Å². The van der Waals surface area contributed by atoms with Gasteiger partial charge in [-0.25, -0.2) is 13.2 Å². The molecule has 0 amide bonds. The van der Waals surface area contributed by atoms with Crippen LogP contribution in [0, 0.1) is 29.2 Å². The fourth-order valence-corrected chi connectivity index (χ4v) is 5.29. The lowest BCUT2D eigenvalue weighted by Crippen LogP contribution is -2.15. The molecule has 1 aliphatic rings. The van der Waals surface area contributed by atoms with Crippen molar-refractivity contribution in [3.05, 3.63) is 77.4 Å². The largest absolute Gasteiger partial charge is 0.494 e. The lowest BCUT2D eigenvalue weighted by atomic mass is 9.76. The molecule has 0 spiro atoms. The van der Waals surface area contributed by atoms with Crippen LogP contribution in [-0.4, -0.2) is 7.11 Å². The van der Waals surface area contributed by atoms with Crippen LogP contribution in [0.15, 0.2) is 48.5 Å². The minimum absolute atomic E-state index is 0.0521. The summed E-state index contributed by atoms with van der Waals surface area (Å²) in [5.74, 6) is -3.13. The second-order valence-corrected chi connectivity index (χ2v) is 9.56. The second kappa shape index (κ2) is 11.3. The molecule has 0 bridgehead atoms. The van der Waals surface area contributed by atoms with Crippen molar-refractivity contribution in [1.29, 1.82) is 0 Å². The molecule has 0 heterocycles. The molecule has 186 valence electrons. The predicted molar refractivity (Wildman–Crippen MR) is 133 cm³/mol. The molecule has 0 unspecified atom stereocenters. The number of methoxy groups -OCH3 is 1. The lowest BCUT2D eigenvalue weighted by Gasteiger charge is -2.29. The van der Waals surface area contributed by atoms with Crippen molar-refractivity contribution in [3.8, 4) is 28.0 Å². The van der Waals surface area contributed by atoms with Crippen LogP contribution in [-0.2, 0) is 0 Å². The quantitative estimate of drug-likeness (QED) is 0.229. The molecule has 0 aromatic heterocycles. The summed E-state index contributed by atoms with van der Waals surface area (Å²) in [5, 5.41) is 0. The molecule has 1 fully saturated rings. The highest BCUT2D eigenvalue weighted by Gasteiger charge is 2.26. The number of benzene rings is 3. The highest BCUT2D eigenvalue weighted by molar-refractivity contribution is 5.71. The minimum atomic E-state index is -1.06. The monoisotopic (exact) mass is 484 g/mol. The Morgan fingerprint density at radius 1 is 0.686 bits per heavy atom. The molecular weight excluding hydrogens is 452 g/mol. The molecule has 3 aromatic carbocycles. The number of halogens is 4. The van der Waals surface area contributed by atoms with Crippen LogP contribution in [0.3, 0.4) is 0 Å². The molecule has 1 saturated carbocycles. The molecular formula is C30H32F4O. The van der Waals surface area contributed by atoms with Crippen LogP contribution in [0.1, 0.15) is 69.8 Å². The topological polar surface area (TPSA) is 9.23 Å². The maximum Gasteiger partial charge on any atom is 0.201 e. The summed E-state index contributed by atoms with van der Waals surface area (Å²) in [7, 11) is 1.27. The first-order valence-electron chi connectivity index (χ1n) is 12.5. The zero-order valence-corrected chi connectivity index (χ0v) is 20.4. The van der Waals surface area contributed by atoms with E-state index in [4.69, 9.17) is 4.74 Å². The van der Waals surface area contributed by atoms with E-state index < -0.39 is 23.3 Å². The van der Waals surface area contributed by atoms with Gasteiger partial charge in [-0.2, -0.15) is 4.39 Å². The van der Waals surface area contributed by atoms with Gasteiger partial charge in [0, 0.05) is 11.1 Å². The molecule has 0 aliphatic heterocycles. The van der Waals surface area contributed by atoms with Crippen LogP contribution in [0.5, 0.6) is 5.75 Å². The number of unbranched alkanes of at least 4 members (excludes halogenated alkanes) is 2. The van der Waals surface area contributed by atoms with Crippen LogP contribution >= 0.6 is 0 Å². The Hall–Kier alpha value is -2.82. The second-order valence-electron chi connectivity index (χ2n) is 9.56. The Kier molecular flexibility index (Phi) is 8.15. The number of rotatable bonds is 8. The van der Waals surface area contributed by atoms with Gasteiger partial charge in [0.2, 0.25) is 5.82 Å². The number of ether oxygens (including phenoxy) is 1. The number of hydrogen-bond acceptors (Lipinski definition) is 1. The maximum atomic E-state index is 15.1. The van der Waals surface area contributed by atoms with E-state index in [9.17, 15) is 8.78 Å². The highest BCUT2D eigenvalue weighted by Crippen LogP contribution is 2.40. The molecule has 0 atom stereocenters. The van der Waals surface area contributed by atoms with E-state index in [-0.39, 0.29) is 22.8 Å². The Labute approximate surface area is 205 Å². The summed E-state index contributed by atoms with van der Waals surface area (Å²) in [6.45, 7) is 2.20. The van der Waals surface area contributed by atoms with Gasteiger partial charge in [0.15, 0.2) is 23.2 Å². The Balaban J connectivity index is 1.50. The number of hydrogen-bond donors (Lipinski definition) is 0. The fraction of sp³-hybridized carbons (Fsp3) is 0.400. The third-order valence-corrected chi connectivity index (χ3v) is 7.39. The van der Waals surface area contributed by atoms with Gasteiger partial charge in [0.05, 0.1) is 7.11 Å². The molecule has 35 heavy (non-hydrogen) atoms. The first-order valence-corrected chi connectivity index (χ1v) is 12.5. The van der Waals surface area contributed by atoms with Crippen molar-refractivity contribution in [2.75, 3.05) is 7.11 Å². The zero-order valence-electron chi connectivity index (χ0n) is 20.4. The van der Waals surface area contributed by atoms with E-state index in [1.807, 2.05) is 0 Å². The summed E-state index contributed by atoms with van der Waals surface area (Å²) in [5.41, 5.74) is 1.60. The van der Waals surface area contributed by atoms with E-state index in [0.29, 0.717) is 22.6 Å². The Morgan fingerprint density at radius 3 is 1.83 bits per heavy atom. The van der Waals surface area contributed by atoms with Crippen LogP contribution in [0.2, 0.25) is 0 Å². The van der Waals surface area contributed by atoms with Gasteiger partial charge in [-0.05, 0) is 66.3 Å². The smallest absolute Gasteiger partial charge is 0.201 e. The van der Waals surface area contributed by atoms with Crippen molar-refractivity contribution in [2.24, 2.45) is 5.92 Å². The van der Waals surface area contributed by atoms with Gasteiger partial charge >= 0.3 is 0 Å². The van der Waals surface area contributed by atoms with Crippen molar-refractivity contribution in [1.82, 2.24) is 0 Å². The van der Waals surface area contributed by atoms with E-state index in [2.05, 4.69) is 6.92 Å². The third kappa shape index (κ3) is 5.39. The average molecular weight is 485 g/mol. The molecule has 0 radical (unpaired) electrons. The third-order valence-electron chi connectivity index (χ3n) is 7.39. The summed E-state index contributed by atoms with van der Waals surface area (Å²) >= 11 is 0. The molecule has 4 rings (SSSR count). The van der Waals surface area contributed by atoms with Gasteiger partial charge in [0.25, 0.3) is 0 Å². The van der Waals surface area contributed by atoms with Gasteiger partial charge in [-0.15, -0.1) is 0 Å². The van der Waals surface area contributed by atoms with Gasteiger partial charge in [-0.3, -0.25) is 0 Å². The van der Waals surface area contributed by atoms with Crippen molar-refractivity contribution < 1.29 is 22.3 Å². The highest BCUT2D eigenvalue weighted by atomic mass is 19.2. The van der Waals surface area contributed by atoms with E-state index >= 15 is 8.78 Å². The molecule has 0 saturated heterocycles. The Bertz CT molecular complexity index is 1150.